The first-order valence-electron chi connectivity index (χ1n) is 8.95. The van der Waals surface area contributed by atoms with Crippen molar-refractivity contribution in [2.24, 2.45) is 35.5 Å². The molecule has 0 aromatic rings. The number of hydrogen-bond donors (Lipinski definition) is 0. The average Bonchev–Trinajstić information content (AvgIpc) is 2.76. The van der Waals surface area contributed by atoms with Crippen LogP contribution in [0.3, 0.4) is 0 Å². The van der Waals surface area contributed by atoms with Crippen molar-refractivity contribution in [1.82, 2.24) is 0 Å². The molecular weight excluding hydrogens is 248 g/mol. The van der Waals surface area contributed by atoms with Crippen molar-refractivity contribution < 1.29 is 9.53 Å². The Balaban J connectivity index is 1.36. The Hall–Kier alpha value is -0.370. The molecule has 110 valence electrons. The number of carbonyl (C=O) groups excluding carboxylic acids is 1. The van der Waals surface area contributed by atoms with Gasteiger partial charge in [-0.15, -0.1) is 0 Å². The highest BCUT2D eigenvalue weighted by atomic mass is 16.5. The average molecular weight is 274 g/mol. The van der Waals surface area contributed by atoms with Crippen LogP contribution >= 0.6 is 0 Å². The van der Waals surface area contributed by atoms with Crippen LogP contribution in [0.25, 0.3) is 0 Å². The summed E-state index contributed by atoms with van der Waals surface area (Å²) in [5, 5.41) is 0. The van der Waals surface area contributed by atoms with Crippen molar-refractivity contribution in [2.75, 3.05) is 0 Å². The third kappa shape index (κ3) is 1.76. The van der Waals surface area contributed by atoms with E-state index in [0.29, 0.717) is 29.8 Å². The standard InChI is InChI=1S/C18H26O2/c19-18(14-8-15-1-2-16(9-14)20-15)17-12-4-10-3-11(6-12)7-13(17)5-10/h10-17H,1-9H2. The molecule has 2 nitrogen and oxygen atoms in total. The van der Waals surface area contributed by atoms with Gasteiger partial charge in [-0.1, -0.05) is 0 Å². The quantitative estimate of drug-likeness (QED) is 0.769. The second kappa shape index (κ2) is 4.32. The van der Waals surface area contributed by atoms with E-state index < -0.39 is 0 Å². The van der Waals surface area contributed by atoms with Crippen molar-refractivity contribution >= 4 is 5.78 Å². The zero-order valence-electron chi connectivity index (χ0n) is 12.3. The summed E-state index contributed by atoms with van der Waals surface area (Å²) in [6.45, 7) is 0. The van der Waals surface area contributed by atoms with Crippen LogP contribution in [0.15, 0.2) is 0 Å². The molecule has 6 aliphatic rings. The molecule has 6 bridgehead atoms. The predicted octanol–water partition coefficient (Wildman–Crippen LogP) is 3.59. The fourth-order valence-electron chi connectivity index (χ4n) is 6.75. The molecule has 2 aliphatic heterocycles. The van der Waals surface area contributed by atoms with Gasteiger partial charge < -0.3 is 4.74 Å². The molecule has 6 fully saturated rings. The minimum atomic E-state index is 0.351. The molecule has 0 spiro atoms. The van der Waals surface area contributed by atoms with Gasteiger partial charge in [-0.25, -0.2) is 0 Å². The summed E-state index contributed by atoms with van der Waals surface area (Å²) < 4.78 is 5.93. The van der Waals surface area contributed by atoms with Gasteiger partial charge in [0.2, 0.25) is 0 Å². The van der Waals surface area contributed by atoms with Gasteiger partial charge in [0, 0.05) is 11.8 Å². The highest BCUT2D eigenvalue weighted by molar-refractivity contribution is 5.84. The number of ketones is 1. The Bertz CT molecular complexity index is 389. The Morgan fingerprint density at radius 2 is 1.30 bits per heavy atom. The number of Topliss-reactive ketones (excluding diaryl/α,β-unsaturated/α-hetero) is 1. The van der Waals surface area contributed by atoms with Crippen molar-refractivity contribution in [3.8, 4) is 0 Å². The Labute approximate surface area is 121 Å². The fourth-order valence-corrected chi connectivity index (χ4v) is 6.75. The van der Waals surface area contributed by atoms with Crippen LogP contribution in [-0.4, -0.2) is 18.0 Å². The first kappa shape index (κ1) is 12.2. The molecule has 4 aliphatic carbocycles. The number of carbonyl (C=O) groups is 1. The summed E-state index contributed by atoms with van der Waals surface area (Å²) in [6.07, 6.45) is 12.3. The van der Waals surface area contributed by atoms with Crippen molar-refractivity contribution in [3.63, 3.8) is 0 Å². The van der Waals surface area contributed by atoms with Crippen LogP contribution in [-0.2, 0) is 9.53 Å². The lowest BCUT2D eigenvalue weighted by Crippen LogP contribution is -2.50. The Morgan fingerprint density at radius 3 is 1.85 bits per heavy atom. The minimum absolute atomic E-state index is 0.351. The van der Waals surface area contributed by atoms with Crippen molar-refractivity contribution in [2.45, 2.75) is 70.0 Å². The molecule has 0 radical (unpaired) electrons. The zero-order chi connectivity index (χ0) is 13.3. The minimum Gasteiger partial charge on any atom is -0.375 e. The molecule has 20 heavy (non-hydrogen) atoms. The SMILES string of the molecule is O=C(C1CC2CCC(C1)O2)C1C2CC3CC(C2)CC1C3. The van der Waals surface area contributed by atoms with E-state index in [0.717, 1.165) is 36.5 Å². The van der Waals surface area contributed by atoms with Crippen LogP contribution in [0, 0.1) is 35.5 Å². The molecule has 2 unspecified atom stereocenters. The molecule has 2 heterocycles. The number of rotatable bonds is 2. The molecule has 4 saturated carbocycles. The van der Waals surface area contributed by atoms with E-state index in [1.807, 2.05) is 0 Å². The summed E-state index contributed by atoms with van der Waals surface area (Å²) in [5.74, 6) is 4.95. The Morgan fingerprint density at radius 1 is 0.750 bits per heavy atom. The van der Waals surface area contributed by atoms with E-state index in [4.69, 9.17) is 4.74 Å². The number of hydrogen-bond acceptors (Lipinski definition) is 2. The first-order chi connectivity index (χ1) is 9.76. The number of fused-ring (bicyclic) bond motifs is 2. The molecule has 2 heteroatoms. The molecule has 0 aromatic heterocycles. The maximum atomic E-state index is 13.2. The van der Waals surface area contributed by atoms with E-state index >= 15 is 0 Å². The number of ether oxygens (including phenoxy) is 1. The fraction of sp³-hybridized carbons (Fsp3) is 0.944. The van der Waals surface area contributed by atoms with E-state index in [2.05, 4.69) is 0 Å². The summed E-state index contributed by atoms with van der Waals surface area (Å²) in [7, 11) is 0. The maximum Gasteiger partial charge on any atom is 0.139 e. The van der Waals surface area contributed by atoms with E-state index in [1.165, 1.54) is 44.9 Å². The molecule has 2 saturated heterocycles. The highest BCUT2D eigenvalue weighted by Crippen LogP contribution is 2.57. The van der Waals surface area contributed by atoms with Crippen LogP contribution in [0.5, 0.6) is 0 Å². The zero-order valence-corrected chi connectivity index (χ0v) is 12.3. The van der Waals surface area contributed by atoms with E-state index in [9.17, 15) is 4.79 Å². The van der Waals surface area contributed by atoms with Gasteiger partial charge in [0.1, 0.15) is 5.78 Å². The first-order valence-corrected chi connectivity index (χ1v) is 8.95. The van der Waals surface area contributed by atoms with Gasteiger partial charge in [0.15, 0.2) is 0 Å². The third-order valence-corrected chi connectivity index (χ3v) is 7.25. The molecular formula is C18H26O2. The lowest BCUT2D eigenvalue weighted by molar-refractivity contribution is -0.145. The van der Waals surface area contributed by atoms with Crippen LogP contribution in [0.4, 0.5) is 0 Å². The normalized spacial score (nSPS) is 56.2. The second-order valence-corrected chi connectivity index (χ2v) is 8.48. The molecule has 0 amide bonds. The lowest BCUT2D eigenvalue weighted by atomic mass is 9.50. The summed E-state index contributed by atoms with van der Waals surface area (Å²) >= 11 is 0. The topological polar surface area (TPSA) is 26.3 Å². The van der Waals surface area contributed by atoms with E-state index in [-0.39, 0.29) is 0 Å². The summed E-state index contributed by atoms with van der Waals surface area (Å²) in [4.78, 5) is 13.2. The molecule has 0 aromatic carbocycles. The van der Waals surface area contributed by atoms with Gasteiger partial charge in [0.05, 0.1) is 12.2 Å². The predicted molar refractivity (Wildman–Crippen MR) is 76.2 cm³/mol. The molecule has 2 atom stereocenters. The largest absolute Gasteiger partial charge is 0.375 e. The third-order valence-electron chi connectivity index (χ3n) is 7.25. The smallest absolute Gasteiger partial charge is 0.139 e. The monoisotopic (exact) mass is 274 g/mol. The van der Waals surface area contributed by atoms with Crippen LogP contribution in [0.1, 0.15) is 57.8 Å². The molecule has 6 rings (SSSR count). The summed E-state index contributed by atoms with van der Waals surface area (Å²) in [6, 6.07) is 0. The van der Waals surface area contributed by atoms with Crippen LogP contribution in [0.2, 0.25) is 0 Å². The van der Waals surface area contributed by atoms with E-state index in [1.54, 1.807) is 0 Å². The van der Waals surface area contributed by atoms with Crippen molar-refractivity contribution in [3.05, 3.63) is 0 Å². The highest BCUT2D eigenvalue weighted by Gasteiger charge is 2.52. The summed E-state index contributed by atoms with van der Waals surface area (Å²) in [5.41, 5.74) is 0. The Kier molecular flexibility index (Phi) is 2.63. The van der Waals surface area contributed by atoms with Gasteiger partial charge in [-0.3, -0.25) is 4.79 Å². The van der Waals surface area contributed by atoms with Gasteiger partial charge in [-0.2, -0.15) is 0 Å². The molecule has 0 N–H and O–H groups in total. The second-order valence-electron chi connectivity index (χ2n) is 8.48. The maximum absolute atomic E-state index is 13.2. The van der Waals surface area contributed by atoms with Gasteiger partial charge >= 0.3 is 0 Å². The van der Waals surface area contributed by atoms with Gasteiger partial charge in [0.25, 0.3) is 0 Å². The van der Waals surface area contributed by atoms with Crippen molar-refractivity contribution in [1.29, 1.82) is 0 Å². The van der Waals surface area contributed by atoms with Gasteiger partial charge in [-0.05, 0) is 81.5 Å². The van der Waals surface area contributed by atoms with Crippen LogP contribution < -0.4 is 0 Å². The lowest BCUT2D eigenvalue weighted by Gasteiger charge is -2.54.